The lowest BCUT2D eigenvalue weighted by atomic mass is 9.86. The van der Waals surface area contributed by atoms with E-state index in [4.69, 9.17) is 0 Å². The van der Waals surface area contributed by atoms with Crippen molar-refractivity contribution in [2.45, 2.75) is 31.7 Å². The average molecular weight is 388 g/mol. The van der Waals surface area contributed by atoms with Gasteiger partial charge in [0.15, 0.2) is 0 Å². The van der Waals surface area contributed by atoms with E-state index in [1.165, 1.54) is 11.3 Å². The average Bonchev–Trinajstić information content (AvgIpc) is 3.23. The number of aliphatic hydroxyl groups excluding tert-OH is 1. The molecule has 0 radical (unpaired) electrons. The van der Waals surface area contributed by atoms with E-state index in [9.17, 15) is 14.7 Å². The third kappa shape index (κ3) is 5.08. The molecule has 0 atom stereocenters. The standard InChI is InChI=1S/C20H25N3O3S/c1-23(17-9-7-14(13-24)8-10-17)20(26)22-16-5-2-4-15(12-16)21-19(25)18-6-3-11-27-18/h2-6,11-12,14,17,24H,7-10,13H2,1H3,(H,21,25)(H,22,26). The summed E-state index contributed by atoms with van der Waals surface area (Å²) in [7, 11) is 1.81. The van der Waals surface area contributed by atoms with Gasteiger partial charge in [-0.15, -0.1) is 11.3 Å². The number of rotatable bonds is 5. The SMILES string of the molecule is CN(C(=O)Nc1cccc(NC(=O)c2cccs2)c1)C1CCC(CO)CC1. The summed E-state index contributed by atoms with van der Waals surface area (Å²) in [6.07, 6.45) is 3.71. The van der Waals surface area contributed by atoms with Gasteiger partial charge in [0.2, 0.25) is 0 Å². The predicted molar refractivity (Wildman–Crippen MR) is 108 cm³/mol. The van der Waals surface area contributed by atoms with Gasteiger partial charge in [-0.1, -0.05) is 12.1 Å². The number of carbonyl (C=O) groups is 2. The van der Waals surface area contributed by atoms with E-state index in [2.05, 4.69) is 10.6 Å². The molecule has 27 heavy (non-hydrogen) atoms. The second kappa shape index (κ2) is 9.01. The molecule has 3 rings (SSSR count). The summed E-state index contributed by atoms with van der Waals surface area (Å²) < 4.78 is 0. The highest BCUT2D eigenvalue weighted by Crippen LogP contribution is 2.27. The smallest absolute Gasteiger partial charge is 0.321 e. The number of nitrogens with zero attached hydrogens (tertiary/aromatic N) is 1. The first-order chi connectivity index (χ1) is 13.1. The van der Waals surface area contributed by atoms with Crippen LogP contribution in [0.25, 0.3) is 0 Å². The molecule has 0 spiro atoms. The molecule has 0 bridgehead atoms. The molecule has 1 saturated carbocycles. The van der Waals surface area contributed by atoms with Crippen LogP contribution in [0.15, 0.2) is 41.8 Å². The minimum absolute atomic E-state index is 0.161. The summed E-state index contributed by atoms with van der Waals surface area (Å²) in [6, 6.07) is 10.8. The van der Waals surface area contributed by atoms with Gasteiger partial charge in [0.05, 0.1) is 4.88 Å². The zero-order chi connectivity index (χ0) is 19.2. The number of aliphatic hydroxyl groups is 1. The zero-order valence-corrected chi connectivity index (χ0v) is 16.2. The van der Waals surface area contributed by atoms with E-state index in [1.54, 1.807) is 35.2 Å². The number of anilines is 2. The monoisotopic (exact) mass is 387 g/mol. The Morgan fingerprint density at radius 3 is 2.44 bits per heavy atom. The van der Waals surface area contributed by atoms with Crippen LogP contribution in [0.5, 0.6) is 0 Å². The predicted octanol–water partition coefficient (Wildman–Crippen LogP) is 4.02. The van der Waals surface area contributed by atoms with Crippen LogP contribution in [0.2, 0.25) is 0 Å². The first-order valence-corrected chi connectivity index (χ1v) is 10.0. The van der Waals surface area contributed by atoms with Crippen molar-refractivity contribution < 1.29 is 14.7 Å². The number of hydrogen-bond acceptors (Lipinski definition) is 4. The Morgan fingerprint density at radius 2 is 1.81 bits per heavy atom. The van der Waals surface area contributed by atoms with Gasteiger partial charge in [0.1, 0.15) is 0 Å². The summed E-state index contributed by atoms with van der Waals surface area (Å²) >= 11 is 1.38. The molecule has 1 heterocycles. The topological polar surface area (TPSA) is 81.7 Å². The normalized spacial score (nSPS) is 19.3. The fourth-order valence-corrected chi connectivity index (χ4v) is 3.99. The van der Waals surface area contributed by atoms with Crippen molar-refractivity contribution in [2.24, 2.45) is 5.92 Å². The van der Waals surface area contributed by atoms with Crippen LogP contribution < -0.4 is 10.6 Å². The van der Waals surface area contributed by atoms with Crippen molar-refractivity contribution in [3.05, 3.63) is 46.7 Å². The fourth-order valence-electron chi connectivity index (χ4n) is 3.37. The molecular weight excluding hydrogens is 362 g/mol. The molecule has 3 N–H and O–H groups in total. The van der Waals surface area contributed by atoms with Crippen LogP contribution in [0, 0.1) is 5.92 Å². The zero-order valence-electron chi connectivity index (χ0n) is 15.4. The number of nitrogens with one attached hydrogen (secondary N) is 2. The number of benzene rings is 1. The van der Waals surface area contributed by atoms with Crippen molar-refractivity contribution in [3.8, 4) is 0 Å². The minimum atomic E-state index is -0.163. The van der Waals surface area contributed by atoms with E-state index < -0.39 is 0 Å². The molecule has 2 aromatic rings. The van der Waals surface area contributed by atoms with Gasteiger partial charge < -0.3 is 20.6 Å². The van der Waals surface area contributed by atoms with E-state index >= 15 is 0 Å². The maximum atomic E-state index is 12.6. The van der Waals surface area contributed by atoms with E-state index in [1.807, 2.05) is 18.5 Å². The van der Waals surface area contributed by atoms with Gasteiger partial charge in [-0.2, -0.15) is 0 Å². The Kier molecular flexibility index (Phi) is 6.47. The van der Waals surface area contributed by atoms with Crippen molar-refractivity contribution in [3.63, 3.8) is 0 Å². The van der Waals surface area contributed by atoms with Gasteiger partial charge in [-0.05, 0) is 61.2 Å². The van der Waals surface area contributed by atoms with Crippen LogP contribution in [0.1, 0.15) is 35.4 Å². The van der Waals surface area contributed by atoms with Crippen LogP contribution >= 0.6 is 11.3 Å². The summed E-state index contributed by atoms with van der Waals surface area (Å²) in [5.41, 5.74) is 1.28. The largest absolute Gasteiger partial charge is 0.396 e. The molecule has 6 nitrogen and oxygen atoms in total. The van der Waals surface area contributed by atoms with Crippen LogP contribution in [-0.2, 0) is 0 Å². The van der Waals surface area contributed by atoms with Gasteiger partial charge in [0.25, 0.3) is 5.91 Å². The van der Waals surface area contributed by atoms with Crippen LogP contribution in [0.3, 0.4) is 0 Å². The Bertz CT molecular complexity index is 771. The first kappa shape index (κ1) is 19.4. The number of thiophene rings is 1. The van der Waals surface area contributed by atoms with E-state index in [0.29, 0.717) is 22.2 Å². The molecule has 3 amide bonds. The summed E-state index contributed by atoms with van der Waals surface area (Å²) in [6.45, 7) is 0.229. The lowest BCUT2D eigenvalue weighted by molar-refractivity contribution is 0.103. The van der Waals surface area contributed by atoms with Gasteiger partial charge in [-0.3, -0.25) is 4.79 Å². The molecule has 144 valence electrons. The Morgan fingerprint density at radius 1 is 1.11 bits per heavy atom. The fraction of sp³-hybridized carbons (Fsp3) is 0.400. The van der Waals surface area contributed by atoms with Crippen LogP contribution in [0.4, 0.5) is 16.2 Å². The summed E-state index contributed by atoms with van der Waals surface area (Å²) in [5, 5.41) is 16.8. The minimum Gasteiger partial charge on any atom is -0.396 e. The number of amides is 3. The molecule has 1 aromatic heterocycles. The molecule has 0 unspecified atom stereocenters. The second-order valence-electron chi connectivity index (χ2n) is 6.91. The number of urea groups is 1. The number of hydrogen-bond donors (Lipinski definition) is 3. The highest BCUT2D eigenvalue weighted by molar-refractivity contribution is 7.12. The van der Waals surface area contributed by atoms with Crippen LogP contribution in [-0.4, -0.2) is 41.6 Å². The molecule has 0 aliphatic heterocycles. The third-order valence-corrected chi connectivity index (χ3v) is 5.93. The molecule has 1 aliphatic carbocycles. The highest BCUT2D eigenvalue weighted by atomic mass is 32.1. The quantitative estimate of drug-likeness (QED) is 0.725. The maximum Gasteiger partial charge on any atom is 0.321 e. The molecule has 1 aromatic carbocycles. The Labute approximate surface area is 163 Å². The molecular formula is C20H25N3O3S. The molecule has 1 aliphatic rings. The van der Waals surface area contributed by atoms with Gasteiger partial charge >= 0.3 is 6.03 Å². The number of carbonyl (C=O) groups excluding carboxylic acids is 2. The third-order valence-electron chi connectivity index (χ3n) is 5.06. The molecule has 0 saturated heterocycles. The van der Waals surface area contributed by atoms with Crippen molar-refractivity contribution >= 4 is 34.6 Å². The van der Waals surface area contributed by atoms with Gasteiger partial charge in [0, 0.05) is 31.1 Å². The molecule has 1 fully saturated rings. The lowest BCUT2D eigenvalue weighted by Crippen LogP contribution is -2.42. The van der Waals surface area contributed by atoms with Crippen molar-refractivity contribution in [1.29, 1.82) is 0 Å². The Hall–Kier alpha value is -2.38. The summed E-state index contributed by atoms with van der Waals surface area (Å²) in [4.78, 5) is 27.1. The Balaban J connectivity index is 1.57. The van der Waals surface area contributed by atoms with E-state index in [0.717, 1.165) is 25.7 Å². The van der Waals surface area contributed by atoms with Crippen molar-refractivity contribution in [2.75, 3.05) is 24.3 Å². The highest BCUT2D eigenvalue weighted by Gasteiger charge is 2.26. The lowest BCUT2D eigenvalue weighted by Gasteiger charge is -2.34. The van der Waals surface area contributed by atoms with Gasteiger partial charge in [-0.25, -0.2) is 4.79 Å². The first-order valence-electron chi connectivity index (χ1n) is 9.16. The molecule has 7 heteroatoms. The van der Waals surface area contributed by atoms with Crippen molar-refractivity contribution in [1.82, 2.24) is 4.90 Å². The maximum absolute atomic E-state index is 12.6. The second-order valence-corrected chi connectivity index (χ2v) is 7.86. The summed E-state index contributed by atoms with van der Waals surface area (Å²) in [5.74, 6) is 0.201. The van der Waals surface area contributed by atoms with E-state index in [-0.39, 0.29) is 24.6 Å².